The van der Waals surface area contributed by atoms with E-state index in [2.05, 4.69) is 55.7 Å². The highest BCUT2D eigenvalue weighted by atomic mass is 16.2. The zero-order chi connectivity index (χ0) is 16.8. The van der Waals surface area contributed by atoms with Gasteiger partial charge in [-0.3, -0.25) is 4.79 Å². The van der Waals surface area contributed by atoms with Crippen molar-refractivity contribution in [3.05, 3.63) is 46.8 Å². The van der Waals surface area contributed by atoms with Gasteiger partial charge in [0.15, 0.2) is 0 Å². The van der Waals surface area contributed by atoms with Crippen LogP contribution in [0.2, 0.25) is 0 Å². The molecule has 128 valence electrons. The Morgan fingerprint density at radius 2 is 2.17 bits per heavy atom. The molecule has 0 aromatic heterocycles. The topological polar surface area (TPSA) is 35.6 Å². The van der Waals surface area contributed by atoms with Gasteiger partial charge in [0, 0.05) is 50.1 Å². The molecule has 1 N–H and O–H groups in total. The largest absolute Gasteiger partial charge is 0.384 e. The van der Waals surface area contributed by atoms with Crippen LogP contribution in [-0.4, -0.2) is 47.9 Å². The molecule has 4 rings (SSSR count). The molecule has 4 aliphatic rings. The smallest absolute Gasteiger partial charge is 0.251 e. The third-order valence-corrected chi connectivity index (χ3v) is 6.06. The average Bonchev–Trinajstić information content (AvgIpc) is 2.93. The Morgan fingerprint density at radius 1 is 1.38 bits per heavy atom. The number of nitrogens with zero attached hydrogens (tertiary/aromatic N) is 2. The van der Waals surface area contributed by atoms with Crippen molar-refractivity contribution in [3.8, 4) is 0 Å². The molecule has 2 aliphatic carbocycles. The summed E-state index contributed by atoms with van der Waals surface area (Å²) in [7, 11) is 2.12. The van der Waals surface area contributed by atoms with Gasteiger partial charge in [0.25, 0.3) is 5.91 Å². The van der Waals surface area contributed by atoms with E-state index in [1.165, 1.54) is 16.7 Å². The first-order valence-electron chi connectivity index (χ1n) is 9.23. The molecule has 2 bridgehead atoms. The zero-order valence-electron chi connectivity index (χ0n) is 14.9. The average molecular weight is 325 g/mol. The van der Waals surface area contributed by atoms with Gasteiger partial charge in [-0.2, -0.15) is 0 Å². The Hall–Kier alpha value is -1.97. The highest BCUT2D eigenvalue weighted by Crippen LogP contribution is 2.46. The van der Waals surface area contributed by atoms with Gasteiger partial charge in [-0.15, -0.1) is 0 Å². The van der Waals surface area contributed by atoms with Crippen molar-refractivity contribution in [3.63, 3.8) is 0 Å². The number of fused-ring (bicyclic) bond motifs is 3. The third kappa shape index (κ3) is 2.23. The van der Waals surface area contributed by atoms with Crippen LogP contribution in [0, 0.1) is 5.92 Å². The summed E-state index contributed by atoms with van der Waals surface area (Å²) in [5.74, 6) is 0.441. The Bertz CT molecular complexity index is 681. The van der Waals surface area contributed by atoms with Crippen molar-refractivity contribution in [1.82, 2.24) is 15.1 Å². The number of rotatable bonds is 3. The fourth-order valence-electron chi connectivity index (χ4n) is 4.71. The van der Waals surface area contributed by atoms with Crippen LogP contribution < -0.4 is 5.32 Å². The van der Waals surface area contributed by atoms with Gasteiger partial charge in [-0.25, -0.2) is 0 Å². The molecular weight excluding hydrogens is 298 g/mol. The van der Waals surface area contributed by atoms with Crippen LogP contribution in [0.4, 0.5) is 0 Å². The molecule has 0 saturated heterocycles. The van der Waals surface area contributed by atoms with E-state index in [-0.39, 0.29) is 11.8 Å². The molecule has 2 aliphatic heterocycles. The number of hydrogen-bond acceptors (Lipinski definition) is 3. The maximum atomic E-state index is 13.1. The van der Waals surface area contributed by atoms with Crippen molar-refractivity contribution in [2.45, 2.75) is 45.2 Å². The quantitative estimate of drug-likeness (QED) is 0.866. The summed E-state index contributed by atoms with van der Waals surface area (Å²) in [6.07, 6.45) is 12.1. The van der Waals surface area contributed by atoms with Crippen LogP contribution >= 0.6 is 0 Å². The fourth-order valence-corrected chi connectivity index (χ4v) is 4.71. The van der Waals surface area contributed by atoms with Crippen molar-refractivity contribution in [2.75, 3.05) is 20.1 Å². The van der Waals surface area contributed by atoms with Crippen molar-refractivity contribution in [2.24, 2.45) is 5.92 Å². The van der Waals surface area contributed by atoms with Crippen LogP contribution in [-0.2, 0) is 4.79 Å². The molecule has 0 aromatic carbocycles. The minimum absolute atomic E-state index is 0.206. The number of carbonyl (C=O) groups excluding carboxylic acids is 1. The highest BCUT2D eigenvalue weighted by Gasteiger charge is 2.41. The summed E-state index contributed by atoms with van der Waals surface area (Å²) >= 11 is 0. The number of nitrogens with one attached hydrogen (secondary N) is 1. The molecule has 24 heavy (non-hydrogen) atoms. The predicted octanol–water partition coefficient (Wildman–Crippen LogP) is 2.57. The highest BCUT2D eigenvalue weighted by molar-refractivity contribution is 5.95. The van der Waals surface area contributed by atoms with Gasteiger partial charge in [0.05, 0.1) is 6.04 Å². The number of allylic oxidation sites excluding steroid dienone is 2. The second kappa shape index (κ2) is 5.83. The monoisotopic (exact) mass is 325 g/mol. The molecule has 0 fully saturated rings. The van der Waals surface area contributed by atoms with Gasteiger partial charge in [-0.1, -0.05) is 12.2 Å². The maximum Gasteiger partial charge on any atom is 0.251 e. The van der Waals surface area contributed by atoms with E-state index in [4.69, 9.17) is 0 Å². The lowest BCUT2D eigenvalue weighted by Crippen LogP contribution is -2.41. The first-order valence-corrected chi connectivity index (χ1v) is 9.23. The normalized spacial score (nSPS) is 30.3. The van der Waals surface area contributed by atoms with E-state index in [1.807, 2.05) is 4.90 Å². The van der Waals surface area contributed by atoms with Gasteiger partial charge in [0.1, 0.15) is 0 Å². The molecule has 0 radical (unpaired) electrons. The third-order valence-electron chi connectivity index (χ3n) is 6.06. The molecule has 1 amide bonds. The van der Waals surface area contributed by atoms with Gasteiger partial charge in [-0.05, 0) is 49.8 Å². The predicted molar refractivity (Wildman–Crippen MR) is 96.1 cm³/mol. The lowest BCUT2D eigenvalue weighted by Gasteiger charge is -2.37. The van der Waals surface area contributed by atoms with Crippen molar-refractivity contribution >= 4 is 5.91 Å². The second-order valence-electron chi connectivity index (χ2n) is 7.27. The molecule has 2 heterocycles. The van der Waals surface area contributed by atoms with E-state index >= 15 is 0 Å². The van der Waals surface area contributed by atoms with E-state index in [1.54, 1.807) is 0 Å². The van der Waals surface area contributed by atoms with Crippen LogP contribution in [0.25, 0.3) is 0 Å². The fraction of sp³-hybridized carbons (Fsp3) is 0.550. The number of likely N-dealkylation sites (N-methyl/N-ethyl adjacent to an activating group) is 1. The molecule has 0 aromatic rings. The summed E-state index contributed by atoms with van der Waals surface area (Å²) in [5.41, 5.74) is 5.27. The summed E-state index contributed by atoms with van der Waals surface area (Å²) in [4.78, 5) is 17.3. The molecule has 3 atom stereocenters. The molecule has 0 spiro atoms. The van der Waals surface area contributed by atoms with Crippen LogP contribution in [0.3, 0.4) is 0 Å². The van der Waals surface area contributed by atoms with Crippen molar-refractivity contribution < 1.29 is 4.79 Å². The summed E-state index contributed by atoms with van der Waals surface area (Å²) in [6.45, 7) is 5.66. The maximum absolute atomic E-state index is 13.1. The van der Waals surface area contributed by atoms with Crippen LogP contribution in [0.1, 0.15) is 33.1 Å². The number of carbonyl (C=O) groups is 1. The Morgan fingerprint density at radius 3 is 2.92 bits per heavy atom. The lowest BCUT2D eigenvalue weighted by molar-refractivity contribution is -0.127. The minimum atomic E-state index is 0.206. The van der Waals surface area contributed by atoms with E-state index in [9.17, 15) is 4.79 Å². The van der Waals surface area contributed by atoms with Gasteiger partial charge >= 0.3 is 0 Å². The number of amides is 1. The van der Waals surface area contributed by atoms with Crippen molar-refractivity contribution in [1.29, 1.82) is 0 Å². The molecular formula is C20H27N3O. The Balaban J connectivity index is 1.79. The van der Waals surface area contributed by atoms with Crippen LogP contribution in [0.5, 0.6) is 0 Å². The number of hydrogen-bond donors (Lipinski definition) is 1. The van der Waals surface area contributed by atoms with E-state index in [0.29, 0.717) is 12.1 Å². The van der Waals surface area contributed by atoms with Gasteiger partial charge < -0.3 is 15.1 Å². The second-order valence-corrected chi connectivity index (χ2v) is 7.27. The molecule has 0 saturated carbocycles. The minimum Gasteiger partial charge on any atom is -0.384 e. The molecule has 4 nitrogen and oxygen atoms in total. The van der Waals surface area contributed by atoms with E-state index < -0.39 is 0 Å². The first-order chi connectivity index (χ1) is 11.6. The summed E-state index contributed by atoms with van der Waals surface area (Å²) in [5, 5.41) is 3.55. The zero-order valence-corrected chi connectivity index (χ0v) is 14.9. The molecule has 4 heteroatoms. The lowest BCUT2D eigenvalue weighted by atomic mass is 9.79. The van der Waals surface area contributed by atoms with Crippen LogP contribution in [0.15, 0.2) is 46.8 Å². The molecule has 1 unspecified atom stereocenters. The summed E-state index contributed by atoms with van der Waals surface area (Å²) < 4.78 is 0. The van der Waals surface area contributed by atoms with Gasteiger partial charge in [0.2, 0.25) is 0 Å². The Labute approximate surface area is 144 Å². The summed E-state index contributed by atoms with van der Waals surface area (Å²) in [6, 6.07) is 0.892. The Kier molecular flexibility index (Phi) is 3.78. The standard InChI is InChI=1S/C20H27N3O/c1-4-23(5-2)20(24)17-12-22(3)14-9-13-11-21-18-8-6-7-15(19(13)18)16(17)10-14/h6-7,11-12,14,16,18,21H,4-5,8-10H2,1-3H3/t14-,16-,18?/m0/s1. The van der Waals surface area contributed by atoms with E-state index in [0.717, 1.165) is 37.9 Å². The SMILES string of the molecule is CCN(CC)C(=O)C1=CN(C)[C@H]2CC3=CNC4CC=CC(=C34)[C@@H]1C2. The first kappa shape index (κ1) is 15.6.